The molecule has 138 heavy (non-hydrogen) atoms. The Morgan fingerprint density at radius 1 is 0.341 bits per heavy atom. The van der Waals surface area contributed by atoms with Crippen molar-refractivity contribution in [1.82, 2.24) is 48.0 Å². The van der Waals surface area contributed by atoms with Crippen LogP contribution in [0.4, 0.5) is 41.9 Å². The molecule has 0 atom stereocenters. The van der Waals surface area contributed by atoms with Gasteiger partial charge in [0.25, 0.3) is 0 Å². The zero-order valence-corrected chi connectivity index (χ0v) is 81.0. The zero-order chi connectivity index (χ0) is 97.1. The molecule has 3 aliphatic rings. The molecule has 0 bridgehead atoms. The predicted octanol–water partition coefficient (Wildman–Crippen LogP) is 22.1. The Balaban J connectivity index is 0.000000155. The Hall–Kier alpha value is -14.5. The smallest absolute Gasteiger partial charge is 0.411 e. The van der Waals surface area contributed by atoms with Crippen LogP contribution in [0.15, 0.2) is 182 Å². The van der Waals surface area contributed by atoms with E-state index in [1.165, 1.54) is 82.9 Å². The number of anilines is 4. The van der Waals surface area contributed by atoms with Crippen molar-refractivity contribution in [3.8, 4) is 92.3 Å². The number of nitrogens with zero attached hydrogens (tertiary/aromatic N) is 14. The first-order valence-electron chi connectivity index (χ1n) is 48.1. The summed E-state index contributed by atoms with van der Waals surface area (Å²) >= 11 is 2.03. The molecule has 13 aromatic rings. The number of fused-ring (bicyclic) bond motifs is 4. The van der Waals surface area contributed by atoms with Crippen LogP contribution in [0.2, 0.25) is 0 Å². The molecular weight excluding hydrogens is 1760 g/mol. The van der Waals surface area contributed by atoms with E-state index in [1.807, 2.05) is 183 Å². The van der Waals surface area contributed by atoms with Crippen LogP contribution in [0.5, 0.6) is 23.0 Å². The maximum atomic E-state index is 11.7. The molecule has 0 aliphatic carbocycles. The van der Waals surface area contributed by atoms with E-state index in [0.29, 0.717) is 111 Å². The molecule has 0 spiro atoms. The van der Waals surface area contributed by atoms with Crippen LogP contribution < -0.4 is 40.2 Å². The van der Waals surface area contributed by atoms with Gasteiger partial charge in [-0.2, -0.15) is 32.8 Å². The summed E-state index contributed by atoms with van der Waals surface area (Å²) in [6.07, 6.45) is 11.9. The molecule has 30 nitrogen and oxygen atoms in total. The number of thioether (sulfide) groups is 1. The van der Waals surface area contributed by atoms with Gasteiger partial charge in [-0.15, -0.1) is 5.10 Å². The molecule has 8 aromatic carbocycles. The third-order valence-corrected chi connectivity index (χ3v) is 25.2. The Morgan fingerprint density at radius 3 is 0.848 bits per heavy atom. The van der Waals surface area contributed by atoms with Gasteiger partial charge in [-0.05, 0) is 246 Å². The molecule has 8 heterocycles. The summed E-state index contributed by atoms with van der Waals surface area (Å²) in [5.74, 6) is 5.67. The Kier molecular flexibility index (Phi) is 37.7. The quantitative estimate of drug-likeness (QED) is 0.0209. The first-order valence-corrected chi connectivity index (χ1v) is 49.2. The first kappa shape index (κ1) is 101. The third kappa shape index (κ3) is 26.2. The number of rotatable bonds is 36. The number of aryl methyl sites for hydroxylation is 5. The van der Waals surface area contributed by atoms with Crippen molar-refractivity contribution < 1.29 is 57.1 Å². The molecule has 3 fully saturated rings. The van der Waals surface area contributed by atoms with Gasteiger partial charge in [-0.1, -0.05) is 60.2 Å². The molecular formula is C107H124N18O12S. The van der Waals surface area contributed by atoms with Gasteiger partial charge in [0.2, 0.25) is 0 Å². The Labute approximate surface area is 811 Å². The first-order chi connectivity index (χ1) is 67.6. The highest BCUT2D eigenvalue weighted by Crippen LogP contribution is 2.42. The largest absolute Gasteiger partial charge is 0.493 e. The van der Waals surface area contributed by atoms with Crippen molar-refractivity contribution >= 4 is 102 Å². The van der Waals surface area contributed by atoms with Crippen molar-refractivity contribution in [3.05, 3.63) is 205 Å². The maximum absolute atomic E-state index is 11.7. The summed E-state index contributed by atoms with van der Waals surface area (Å²) in [7, 11) is 0. The number of carbonyl (C=O) groups excluding carboxylic acids is 4. The van der Waals surface area contributed by atoms with E-state index in [2.05, 4.69) is 110 Å². The van der Waals surface area contributed by atoms with Crippen molar-refractivity contribution in [2.24, 2.45) is 0 Å². The summed E-state index contributed by atoms with van der Waals surface area (Å²) < 4.78 is 54.3. The highest BCUT2D eigenvalue weighted by Gasteiger charge is 2.26. The minimum Gasteiger partial charge on any atom is -0.493 e. The van der Waals surface area contributed by atoms with Crippen molar-refractivity contribution in [3.63, 3.8) is 0 Å². The van der Waals surface area contributed by atoms with Gasteiger partial charge in [0.15, 0.2) is 0 Å². The zero-order valence-electron chi connectivity index (χ0n) is 80.2. The second-order valence-corrected chi connectivity index (χ2v) is 34.3. The topological polar surface area (TPSA) is 346 Å². The highest BCUT2D eigenvalue weighted by atomic mass is 32.2. The minimum atomic E-state index is -0.496. The third-order valence-electron chi connectivity index (χ3n) is 24.3. The van der Waals surface area contributed by atoms with Crippen LogP contribution in [0.25, 0.3) is 88.6 Å². The lowest BCUT2D eigenvalue weighted by molar-refractivity contribution is 0.167. The monoisotopic (exact) mass is 1880 g/mol. The normalized spacial score (nSPS) is 13.1. The van der Waals surface area contributed by atoms with Gasteiger partial charge in [0, 0.05) is 158 Å². The predicted molar refractivity (Wildman–Crippen MR) is 544 cm³/mol. The van der Waals surface area contributed by atoms with Gasteiger partial charge in [-0.25, -0.2) is 19.2 Å². The van der Waals surface area contributed by atoms with Gasteiger partial charge in [0.1, 0.15) is 47.3 Å². The fourth-order valence-electron chi connectivity index (χ4n) is 17.8. The lowest BCUT2D eigenvalue weighted by Crippen LogP contribution is -2.33. The number of hydrogen-bond donors (Lipinski definition) is 4. The van der Waals surface area contributed by atoms with E-state index in [4.69, 9.17) is 37.9 Å². The number of nitriles is 4. The number of carbonyl (C=O) groups is 4. The molecule has 4 amide bonds. The summed E-state index contributed by atoms with van der Waals surface area (Å²) in [4.78, 5) is 54.3. The number of nitrogens with one attached hydrogen (secondary N) is 4. The van der Waals surface area contributed by atoms with Crippen LogP contribution in [0.1, 0.15) is 135 Å². The van der Waals surface area contributed by atoms with E-state index < -0.39 is 24.4 Å². The summed E-state index contributed by atoms with van der Waals surface area (Å²) in [6, 6.07) is 63.1. The number of hydrogen-bond acceptors (Lipinski definition) is 22. The fourth-order valence-corrected chi connectivity index (χ4v) is 18.8. The summed E-state index contributed by atoms with van der Waals surface area (Å²) in [5.41, 5.74) is 16.1. The minimum absolute atomic E-state index is 0.305. The Morgan fingerprint density at radius 2 is 0.601 bits per heavy atom. The molecule has 0 unspecified atom stereocenters. The van der Waals surface area contributed by atoms with Crippen molar-refractivity contribution in [1.29, 1.82) is 21.0 Å². The molecule has 0 saturated carbocycles. The molecule has 3 aliphatic heterocycles. The second kappa shape index (κ2) is 51.5. The van der Waals surface area contributed by atoms with Crippen LogP contribution >= 0.6 is 11.8 Å². The van der Waals surface area contributed by atoms with Gasteiger partial charge < -0.3 is 70.9 Å². The molecule has 4 N–H and O–H groups in total. The summed E-state index contributed by atoms with van der Waals surface area (Å²) in [5, 5.41) is 62.2. The fraction of sp³-hybridized carbons (Fsp3) is 0.383. The SMILES string of the molecule is CCOC(=O)Nc1ccc(-c2c(C#N)c3ccc(OCCCN4CCCC4)cc3n2CC)cc1.CCOC(=O)Nc1ccc(-c2c(C#N)c3ccc(OCCCN4CCCCC4)cc3n2CC)cc1.CCOC(=O)Nc1ccc(-c2c(C#N)c3ccc(OCCCN4CCSCC4)cc3n2CC)cc1.CCOC(=O)Nc1ccc(-c2c(C#N)c3ccc(OCCCn4ccnn4)cc3n2CC)cc1. The molecule has 720 valence electrons. The van der Waals surface area contributed by atoms with E-state index >= 15 is 0 Å². The molecule has 3 saturated heterocycles. The lowest BCUT2D eigenvalue weighted by atomic mass is 10.1. The average molecular weight is 1890 g/mol. The number of aromatic nitrogens is 7. The maximum Gasteiger partial charge on any atom is 0.411 e. The van der Waals surface area contributed by atoms with Crippen LogP contribution in [0.3, 0.4) is 0 Å². The van der Waals surface area contributed by atoms with E-state index in [-0.39, 0.29) is 0 Å². The standard InChI is InChI=1S/C28H34N4O3.C27H32N4O3S.C27H32N4O3.C25H26N6O3/c1-3-32-26-19-23(35-18-8-17-31-15-6-5-7-16-31)13-14-24(26)25(20-29)27(32)21-9-11-22(12-10-21)30-28(33)34-4-2;1-3-31-25-18-22(34-15-5-12-30-13-16-35-17-14-30)10-11-23(25)24(19-28)26(31)20-6-8-21(9-7-20)29-27(32)33-4-2;1-3-31-25-18-22(34-17-7-16-30-14-5-6-15-30)12-13-23(25)24(19-28)26(31)20-8-10-21(11-9-20)29-27(32)33-4-2;1-3-31-23-16-20(34-15-5-13-30-14-12-27-29-30)10-11-21(23)22(17-26)24(31)18-6-8-19(9-7-18)28-25(32)33-4-2/h9-14,19H,3-8,15-18H2,1-2H3,(H,30,33);6-11,18H,3-5,12-17H2,1-2H3,(H,29,32);8-13,18H,3-7,14-17H2,1-2H3,(H,29,32);6-12,14,16H,3-5,13,15H2,1-2H3,(H,28,32). The molecule has 5 aromatic heterocycles. The van der Waals surface area contributed by atoms with E-state index in [0.717, 1.165) is 177 Å². The van der Waals surface area contributed by atoms with Crippen LogP contribution in [-0.2, 0) is 51.7 Å². The Bertz CT molecular complexity index is 6210. The molecule has 31 heteroatoms. The van der Waals surface area contributed by atoms with Gasteiger partial charge >= 0.3 is 24.4 Å². The highest BCUT2D eigenvalue weighted by molar-refractivity contribution is 7.99. The second-order valence-electron chi connectivity index (χ2n) is 33.1. The number of benzene rings is 8. The number of amides is 4. The van der Waals surface area contributed by atoms with E-state index in [9.17, 15) is 40.2 Å². The number of ether oxygens (including phenoxy) is 8. The lowest BCUT2D eigenvalue weighted by Gasteiger charge is -2.26. The average Bonchev–Trinajstić information content (AvgIpc) is 1.62. The van der Waals surface area contributed by atoms with E-state index in [1.54, 1.807) is 50.7 Å². The van der Waals surface area contributed by atoms with Crippen LogP contribution in [-0.4, -0.2) is 196 Å². The van der Waals surface area contributed by atoms with Crippen LogP contribution in [0, 0.1) is 45.3 Å². The molecule has 0 radical (unpaired) electrons. The molecule has 16 rings (SSSR count). The number of piperidine rings is 1. The van der Waals surface area contributed by atoms with Crippen molar-refractivity contribution in [2.75, 3.05) is 145 Å². The van der Waals surface area contributed by atoms with Gasteiger partial charge in [0.05, 0.1) is 126 Å². The van der Waals surface area contributed by atoms with Gasteiger partial charge in [-0.3, -0.25) is 25.9 Å². The summed E-state index contributed by atoms with van der Waals surface area (Å²) in [6.45, 7) is 33.1. The van der Waals surface area contributed by atoms with Crippen molar-refractivity contribution in [2.45, 2.75) is 146 Å². The number of likely N-dealkylation sites (tertiary alicyclic amines) is 2.